The second-order valence-electron chi connectivity index (χ2n) is 3.08. The zero-order valence-corrected chi connectivity index (χ0v) is 10.9. The van der Waals surface area contributed by atoms with Gasteiger partial charge in [-0.15, -0.1) is 0 Å². The first-order valence-electron chi connectivity index (χ1n) is 4.13. The SMILES string of the molecule is CC(Br)(CBr)C(=N)Oc1ccccc1. The zero-order chi connectivity index (χ0) is 10.6. The molecule has 0 aliphatic rings. The Kier molecular flexibility index (Phi) is 4.13. The maximum absolute atomic E-state index is 7.73. The monoisotopic (exact) mass is 319 g/mol. The first-order valence-corrected chi connectivity index (χ1v) is 6.04. The molecular weight excluding hydrogens is 310 g/mol. The standard InChI is InChI=1S/C10H11Br2NO/c1-10(12,7-11)9(13)14-8-5-3-2-4-6-8/h2-6,13H,7H2,1H3. The summed E-state index contributed by atoms with van der Waals surface area (Å²) in [6.45, 7) is 1.88. The maximum Gasteiger partial charge on any atom is 0.204 e. The summed E-state index contributed by atoms with van der Waals surface area (Å²) >= 11 is 6.72. The van der Waals surface area contributed by atoms with Crippen LogP contribution in [0.3, 0.4) is 0 Å². The molecule has 0 fully saturated rings. The Labute approximate surface area is 100 Å². The zero-order valence-electron chi connectivity index (χ0n) is 7.76. The fourth-order valence-corrected chi connectivity index (χ4v) is 1.11. The molecule has 76 valence electrons. The third-order valence-electron chi connectivity index (χ3n) is 1.69. The fraction of sp³-hybridized carbons (Fsp3) is 0.300. The molecule has 2 nitrogen and oxygen atoms in total. The second-order valence-corrected chi connectivity index (χ2v) is 5.39. The van der Waals surface area contributed by atoms with Crippen molar-refractivity contribution in [1.82, 2.24) is 0 Å². The minimum atomic E-state index is -0.456. The molecule has 0 bridgehead atoms. The average molecular weight is 321 g/mol. The van der Waals surface area contributed by atoms with Crippen molar-refractivity contribution in [2.45, 2.75) is 11.2 Å². The van der Waals surface area contributed by atoms with Gasteiger partial charge in [0, 0.05) is 5.33 Å². The summed E-state index contributed by atoms with van der Waals surface area (Å²) in [6.07, 6.45) is 0. The van der Waals surface area contributed by atoms with E-state index in [0.717, 1.165) is 0 Å². The third-order valence-corrected chi connectivity index (χ3v) is 4.20. The summed E-state index contributed by atoms with van der Waals surface area (Å²) in [4.78, 5) is 0. The number of nitrogens with one attached hydrogen (secondary N) is 1. The van der Waals surface area contributed by atoms with Gasteiger partial charge in [0.05, 0.1) is 0 Å². The van der Waals surface area contributed by atoms with Crippen LogP contribution in [0, 0.1) is 5.41 Å². The van der Waals surface area contributed by atoms with E-state index in [4.69, 9.17) is 10.1 Å². The van der Waals surface area contributed by atoms with Gasteiger partial charge in [0.1, 0.15) is 10.1 Å². The van der Waals surface area contributed by atoms with E-state index in [9.17, 15) is 0 Å². The van der Waals surface area contributed by atoms with E-state index in [1.165, 1.54) is 0 Å². The summed E-state index contributed by atoms with van der Waals surface area (Å²) in [5.41, 5.74) is 0. The third kappa shape index (κ3) is 3.10. The highest BCUT2D eigenvalue weighted by Crippen LogP contribution is 2.23. The van der Waals surface area contributed by atoms with Crippen molar-refractivity contribution in [3.63, 3.8) is 0 Å². The highest BCUT2D eigenvalue weighted by molar-refractivity contribution is 9.12. The summed E-state index contributed by atoms with van der Waals surface area (Å²) in [5, 5.41) is 8.36. The topological polar surface area (TPSA) is 33.1 Å². The van der Waals surface area contributed by atoms with Crippen molar-refractivity contribution in [1.29, 1.82) is 5.41 Å². The lowest BCUT2D eigenvalue weighted by Crippen LogP contribution is -2.33. The van der Waals surface area contributed by atoms with Crippen LogP contribution in [0.2, 0.25) is 0 Å². The lowest BCUT2D eigenvalue weighted by atomic mass is 10.2. The minimum Gasteiger partial charge on any atom is -0.442 e. The second kappa shape index (κ2) is 4.94. The number of alkyl halides is 2. The van der Waals surface area contributed by atoms with E-state index in [-0.39, 0.29) is 5.90 Å². The molecule has 0 aliphatic heterocycles. The van der Waals surface area contributed by atoms with Crippen LogP contribution in [-0.4, -0.2) is 15.6 Å². The molecule has 14 heavy (non-hydrogen) atoms. The first kappa shape index (κ1) is 11.7. The number of halogens is 2. The van der Waals surface area contributed by atoms with Crippen LogP contribution in [0.1, 0.15) is 6.92 Å². The number of benzene rings is 1. The van der Waals surface area contributed by atoms with Crippen molar-refractivity contribution >= 4 is 37.8 Å². The average Bonchev–Trinajstić information content (AvgIpc) is 2.19. The number of ether oxygens (including phenoxy) is 1. The Morgan fingerprint density at radius 1 is 1.43 bits per heavy atom. The van der Waals surface area contributed by atoms with E-state index in [2.05, 4.69) is 31.9 Å². The van der Waals surface area contributed by atoms with Crippen molar-refractivity contribution in [2.75, 3.05) is 5.33 Å². The van der Waals surface area contributed by atoms with Gasteiger partial charge in [0.25, 0.3) is 0 Å². The molecule has 1 unspecified atom stereocenters. The Morgan fingerprint density at radius 2 is 2.00 bits per heavy atom. The van der Waals surface area contributed by atoms with E-state index in [0.29, 0.717) is 11.1 Å². The molecule has 1 N–H and O–H groups in total. The van der Waals surface area contributed by atoms with Crippen LogP contribution in [0.4, 0.5) is 0 Å². The van der Waals surface area contributed by atoms with E-state index < -0.39 is 4.32 Å². The Morgan fingerprint density at radius 3 is 2.50 bits per heavy atom. The van der Waals surface area contributed by atoms with Crippen molar-refractivity contribution in [2.24, 2.45) is 0 Å². The summed E-state index contributed by atoms with van der Waals surface area (Å²) in [5.74, 6) is 0.879. The van der Waals surface area contributed by atoms with E-state index >= 15 is 0 Å². The number of hydrogen-bond acceptors (Lipinski definition) is 2. The molecule has 0 spiro atoms. The van der Waals surface area contributed by atoms with Crippen molar-refractivity contribution in [3.8, 4) is 5.75 Å². The summed E-state index contributed by atoms with van der Waals surface area (Å²) < 4.78 is 4.92. The summed E-state index contributed by atoms with van der Waals surface area (Å²) in [6, 6.07) is 9.32. The van der Waals surface area contributed by atoms with E-state index in [1.54, 1.807) is 0 Å². The molecule has 0 saturated carbocycles. The molecule has 1 aromatic carbocycles. The van der Waals surface area contributed by atoms with Crippen LogP contribution in [0.5, 0.6) is 5.75 Å². The minimum absolute atomic E-state index is 0.195. The van der Waals surface area contributed by atoms with Gasteiger partial charge in [-0.1, -0.05) is 50.1 Å². The smallest absolute Gasteiger partial charge is 0.204 e. The molecule has 1 atom stereocenters. The normalized spacial score (nSPS) is 14.5. The molecule has 0 heterocycles. The van der Waals surface area contributed by atoms with Gasteiger partial charge in [-0.3, -0.25) is 5.41 Å². The molecule has 0 amide bonds. The predicted molar refractivity (Wildman–Crippen MR) is 65.9 cm³/mol. The van der Waals surface area contributed by atoms with Crippen LogP contribution in [0.25, 0.3) is 0 Å². The fourth-order valence-electron chi connectivity index (χ4n) is 0.773. The Hall–Kier alpha value is -0.350. The predicted octanol–water partition coefficient (Wildman–Crippen LogP) is 3.59. The molecule has 4 heteroatoms. The molecule has 0 aromatic heterocycles. The highest BCUT2D eigenvalue weighted by atomic mass is 79.9. The van der Waals surface area contributed by atoms with Crippen LogP contribution < -0.4 is 4.74 Å². The first-order chi connectivity index (χ1) is 6.56. The van der Waals surface area contributed by atoms with Gasteiger partial charge in [0.2, 0.25) is 5.90 Å². The number of hydrogen-bond donors (Lipinski definition) is 1. The summed E-state index contributed by atoms with van der Waals surface area (Å²) in [7, 11) is 0. The quantitative estimate of drug-likeness (QED) is 0.515. The largest absolute Gasteiger partial charge is 0.442 e. The Bertz CT molecular complexity index is 311. The van der Waals surface area contributed by atoms with Crippen LogP contribution >= 0.6 is 31.9 Å². The van der Waals surface area contributed by atoms with Crippen molar-refractivity contribution < 1.29 is 4.74 Å². The number of para-hydroxylation sites is 1. The molecule has 0 saturated heterocycles. The highest BCUT2D eigenvalue weighted by Gasteiger charge is 2.27. The van der Waals surface area contributed by atoms with Crippen LogP contribution in [-0.2, 0) is 0 Å². The molecule has 1 rings (SSSR count). The van der Waals surface area contributed by atoms with Gasteiger partial charge < -0.3 is 4.74 Å². The van der Waals surface area contributed by atoms with Crippen LogP contribution in [0.15, 0.2) is 30.3 Å². The van der Waals surface area contributed by atoms with Gasteiger partial charge >= 0.3 is 0 Å². The van der Waals surface area contributed by atoms with E-state index in [1.807, 2.05) is 37.3 Å². The molecule has 0 aliphatic carbocycles. The Balaban J connectivity index is 2.67. The molecule has 0 radical (unpaired) electrons. The number of rotatable bonds is 3. The van der Waals surface area contributed by atoms with Gasteiger partial charge in [0.15, 0.2) is 0 Å². The maximum atomic E-state index is 7.73. The van der Waals surface area contributed by atoms with Gasteiger partial charge in [-0.05, 0) is 19.1 Å². The lowest BCUT2D eigenvalue weighted by Gasteiger charge is -2.20. The van der Waals surface area contributed by atoms with Gasteiger partial charge in [-0.25, -0.2) is 0 Å². The van der Waals surface area contributed by atoms with Crippen molar-refractivity contribution in [3.05, 3.63) is 30.3 Å². The van der Waals surface area contributed by atoms with Gasteiger partial charge in [-0.2, -0.15) is 0 Å². The molecular formula is C10H11Br2NO. The lowest BCUT2D eigenvalue weighted by molar-refractivity contribution is 0.515. The molecule has 1 aromatic rings.